The number of nitrogen functional groups attached to an aromatic ring is 1. The summed E-state index contributed by atoms with van der Waals surface area (Å²) in [5, 5.41) is 3.31. The Balaban J connectivity index is 2.15. The lowest BCUT2D eigenvalue weighted by molar-refractivity contribution is 0.244. The molecule has 0 unspecified atom stereocenters. The molecular formula is C12H18N2O. The molecule has 0 aromatic heterocycles. The van der Waals surface area contributed by atoms with Gasteiger partial charge in [0.05, 0.1) is 12.9 Å². The van der Waals surface area contributed by atoms with E-state index in [0.717, 1.165) is 30.8 Å². The molecular weight excluding hydrogens is 188 g/mol. The fourth-order valence-electron chi connectivity index (χ4n) is 1.28. The predicted octanol–water partition coefficient (Wildman–Crippen LogP) is 1.91. The summed E-state index contributed by atoms with van der Waals surface area (Å²) in [4.78, 5) is 0. The summed E-state index contributed by atoms with van der Waals surface area (Å²) in [6.07, 6.45) is 2.44. The molecule has 0 amide bonds. The van der Waals surface area contributed by atoms with Gasteiger partial charge in [0.1, 0.15) is 0 Å². The molecule has 0 atom stereocenters. The summed E-state index contributed by atoms with van der Waals surface area (Å²) in [6.45, 7) is 5.91. The standard InChI is InChI=1S/C12H18N2O/c1-2-15-9-5-8-14-10-11-6-3-4-7-12(11)13/h2-4,6-7,14H,1,5,8-10,13H2. The van der Waals surface area contributed by atoms with Gasteiger partial charge in [-0.15, -0.1) is 0 Å². The molecule has 0 spiro atoms. The zero-order valence-corrected chi connectivity index (χ0v) is 8.91. The maximum atomic E-state index is 5.81. The van der Waals surface area contributed by atoms with E-state index in [4.69, 9.17) is 10.5 Å². The van der Waals surface area contributed by atoms with Crippen molar-refractivity contribution in [2.45, 2.75) is 13.0 Å². The SMILES string of the molecule is C=COCCCNCc1ccccc1N. The van der Waals surface area contributed by atoms with E-state index >= 15 is 0 Å². The summed E-state index contributed by atoms with van der Waals surface area (Å²) in [5.74, 6) is 0. The van der Waals surface area contributed by atoms with Crippen LogP contribution in [0.15, 0.2) is 37.1 Å². The Kier molecular flexibility index (Phi) is 5.33. The summed E-state index contributed by atoms with van der Waals surface area (Å²) < 4.78 is 5.01. The van der Waals surface area contributed by atoms with E-state index in [9.17, 15) is 0 Å². The quantitative estimate of drug-likeness (QED) is 0.407. The van der Waals surface area contributed by atoms with Crippen LogP contribution in [0.3, 0.4) is 0 Å². The predicted molar refractivity (Wildman–Crippen MR) is 63.3 cm³/mol. The summed E-state index contributed by atoms with van der Waals surface area (Å²) in [6, 6.07) is 7.88. The largest absolute Gasteiger partial charge is 0.502 e. The molecule has 3 nitrogen and oxygen atoms in total. The van der Waals surface area contributed by atoms with E-state index in [1.54, 1.807) is 0 Å². The van der Waals surface area contributed by atoms with Gasteiger partial charge in [0.2, 0.25) is 0 Å². The van der Waals surface area contributed by atoms with Crippen LogP contribution >= 0.6 is 0 Å². The highest BCUT2D eigenvalue weighted by Crippen LogP contribution is 2.09. The van der Waals surface area contributed by atoms with Gasteiger partial charge in [-0.2, -0.15) is 0 Å². The lowest BCUT2D eigenvalue weighted by Gasteiger charge is -2.07. The van der Waals surface area contributed by atoms with Gasteiger partial charge in [-0.25, -0.2) is 0 Å². The third-order valence-electron chi connectivity index (χ3n) is 2.10. The topological polar surface area (TPSA) is 47.3 Å². The molecule has 82 valence electrons. The molecule has 15 heavy (non-hydrogen) atoms. The Morgan fingerprint density at radius 2 is 2.20 bits per heavy atom. The van der Waals surface area contributed by atoms with E-state index in [-0.39, 0.29) is 0 Å². The molecule has 0 radical (unpaired) electrons. The number of nitrogens with one attached hydrogen (secondary N) is 1. The first kappa shape index (κ1) is 11.6. The number of para-hydroxylation sites is 1. The monoisotopic (exact) mass is 206 g/mol. The van der Waals surface area contributed by atoms with Crippen LogP contribution in [0.25, 0.3) is 0 Å². The maximum absolute atomic E-state index is 5.81. The van der Waals surface area contributed by atoms with Crippen LogP contribution in [0.5, 0.6) is 0 Å². The summed E-state index contributed by atoms with van der Waals surface area (Å²) in [5.41, 5.74) is 7.79. The minimum atomic E-state index is 0.709. The summed E-state index contributed by atoms with van der Waals surface area (Å²) in [7, 11) is 0. The zero-order valence-electron chi connectivity index (χ0n) is 8.91. The molecule has 0 aliphatic carbocycles. The van der Waals surface area contributed by atoms with Crippen molar-refractivity contribution in [1.82, 2.24) is 5.32 Å². The highest BCUT2D eigenvalue weighted by Gasteiger charge is 1.96. The molecule has 3 N–H and O–H groups in total. The number of ether oxygens (including phenoxy) is 1. The molecule has 0 fully saturated rings. The van der Waals surface area contributed by atoms with Gasteiger partial charge in [0, 0.05) is 12.2 Å². The van der Waals surface area contributed by atoms with Crippen molar-refractivity contribution in [3.63, 3.8) is 0 Å². The Morgan fingerprint density at radius 1 is 1.40 bits per heavy atom. The normalized spacial score (nSPS) is 9.87. The van der Waals surface area contributed by atoms with Gasteiger partial charge in [-0.1, -0.05) is 24.8 Å². The fourth-order valence-corrected chi connectivity index (χ4v) is 1.28. The first-order valence-corrected chi connectivity index (χ1v) is 5.11. The van der Waals surface area contributed by atoms with Gasteiger partial charge in [0.25, 0.3) is 0 Å². The third-order valence-corrected chi connectivity index (χ3v) is 2.10. The molecule has 0 heterocycles. The average molecular weight is 206 g/mol. The first-order chi connectivity index (χ1) is 7.34. The second-order valence-electron chi connectivity index (χ2n) is 3.27. The molecule has 1 rings (SSSR count). The summed E-state index contributed by atoms with van der Waals surface area (Å²) >= 11 is 0. The van der Waals surface area contributed by atoms with Crippen molar-refractivity contribution in [3.05, 3.63) is 42.7 Å². The van der Waals surface area contributed by atoms with Crippen molar-refractivity contribution in [2.24, 2.45) is 0 Å². The molecule has 3 heteroatoms. The van der Waals surface area contributed by atoms with Crippen LogP contribution in [0.4, 0.5) is 5.69 Å². The Hall–Kier alpha value is -1.48. The minimum absolute atomic E-state index is 0.709. The molecule has 0 bridgehead atoms. The lowest BCUT2D eigenvalue weighted by atomic mass is 10.2. The highest BCUT2D eigenvalue weighted by atomic mass is 16.5. The number of hydrogen-bond acceptors (Lipinski definition) is 3. The van der Waals surface area contributed by atoms with Crippen molar-refractivity contribution >= 4 is 5.69 Å². The van der Waals surface area contributed by atoms with Crippen LogP contribution in [0, 0.1) is 0 Å². The fraction of sp³-hybridized carbons (Fsp3) is 0.333. The molecule has 0 saturated heterocycles. The molecule has 0 saturated carbocycles. The highest BCUT2D eigenvalue weighted by molar-refractivity contribution is 5.46. The second kappa shape index (κ2) is 6.90. The van der Waals surface area contributed by atoms with Crippen molar-refractivity contribution in [3.8, 4) is 0 Å². The number of nitrogens with two attached hydrogens (primary N) is 1. The molecule has 0 aliphatic heterocycles. The Morgan fingerprint density at radius 3 is 2.93 bits per heavy atom. The molecule has 1 aromatic carbocycles. The first-order valence-electron chi connectivity index (χ1n) is 5.11. The van der Waals surface area contributed by atoms with Crippen LogP contribution in [0.2, 0.25) is 0 Å². The van der Waals surface area contributed by atoms with E-state index in [0.29, 0.717) is 6.61 Å². The minimum Gasteiger partial charge on any atom is -0.502 e. The third kappa shape index (κ3) is 4.51. The number of benzene rings is 1. The van der Waals surface area contributed by atoms with E-state index in [2.05, 4.69) is 11.9 Å². The number of anilines is 1. The Labute approximate surface area is 90.9 Å². The van der Waals surface area contributed by atoms with Crippen molar-refractivity contribution in [1.29, 1.82) is 0 Å². The van der Waals surface area contributed by atoms with Crippen LogP contribution < -0.4 is 11.1 Å². The van der Waals surface area contributed by atoms with E-state index in [1.165, 1.54) is 6.26 Å². The van der Waals surface area contributed by atoms with Gasteiger partial charge in [-0.3, -0.25) is 0 Å². The molecule has 1 aromatic rings. The second-order valence-corrected chi connectivity index (χ2v) is 3.27. The van der Waals surface area contributed by atoms with Crippen LogP contribution in [0.1, 0.15) is 12.0 Å². The Bertz CT molecular complexity index is 299. The lowest BCUT2D eigenvalue weighted by Crippen LogP contribution is -2.16. The van der Waals surface area contributed by atoms with E-state index < -0.39 is 0 Å². The zero-order chi connectivity index (χ0) is 10.9. The van der Waals surface area contributed by atoms with Crippen LogP contribution in [-0.2, 0) is 11.3 Å². The number of rotatable bonds is 7. The van der Waals surface area contributed by atoms with E-state index in [1.807, 2.05) is 24.3 Å². The van der Waals surface area contributed by atoms with Gasteiger partial charge in [-0.05, 0) is 24.6 Å². The average Bonchev–Trinajstić information content (AvgIpc) is 2.25. The molecule has 0 aliphatic rings. The van der Waals surface area contributed by atoms with Gasteiger partial charge >= 0.3 is 0 Å². The van der Waals surface area contributed by atoms with Gasteiger partial charge < -0.3 is 15.8 Å². The maximum Gasteiger partial charge on any atom is 0.0885 e. The number of hydrogen-bond donors (Lipinski definition) is 2. The van der Waals surface area contributed by atoms with Gasteiger partial charge in [0.15, 0.2) is 0 Å². The smallest absolute Gasteiger partial charge is 0.0885 e. The van der Waals surface area contributed by atoms with Crippen molar-refractivity contribution in [2.75, 3.05) is 18.9 Å². The van der Waals surface area contributed by atoms with Crippen molar-refractivity contribution < 1.29 is 4.74 Å². The van der Waals surface area contributed by atoms with Crippen LogP contribution in [-0.4, -0.2) is 13.2 Å².